The number of rotatable bonds is 8. The molecule has 2 N–H and O–H groups in total. The molecule has 0 heterocycles. The molecule has 7 nitrogen and oxygen atoms in total. The van der Waals surface area contributed by atoms with Crippen molar-refractivity contribution in [3.05, 3.63) is 48.5 Å². The van der Waals surface area contributed by atoms with Crippen molar-refractivity contribution >= 4 is 21.7 Å². The van der Waals surface area contributed by atoms with Gasteiger partial charge >= 0.3 is 5.97 Å². The fourth-order valence-electron chi connectivity index (χ4n) is 1.84. The van der Waals surface area contributed by atoms with Crippen LogP contribution in [0.1, 0.15) is 6.42 Å². The molecule has 0 atom stereocenters. The summed E-state index contributed by atoms with van der Waals surface area (Å²) in [6.07, 6.45) is 0.869. The normalized spacial score (nSPS) is 10.9. The van der Waals surface area contributed by atoms with Crippen LogP contribution >= 0.6 is 0 Å². The second-order valence-electron chi connectivity index (χ2n) is 4.94. The highest BCUT2D eigenvalue weighted by Crippen LogP contribution is 2.33. The first-order chi connectivity index (χ1) is 11.3. The van der Waals surface area contributed by atoms with Gasteiger partial charge in [-0.25, -0.2) is 8.42 Å². The Labute approximate surface area is 139 Å². The van der Waals surface area contributed by atoms with Gasteiger partial charge in [-0.2, -0.15) is 0 Å². The average molecular weight is 351 g/mol. The molecule has 0 spiro atoms. The van der Waals surface area contributed by atoms with E-state index in [9.17, 15) is 13.2 Å². The maximum Gasteiger partial charge on any atom is 0.306 e. The summed E-state index contributed by atoms with van der Waals surface area (Å²) < 4.78 is 36.4. The van der Waals surface area contributed by atoms with Gasteiger partial charge in [0.2, 0.25) is 10.0 Å². The van der Waals surface area contributed by atoms with E-state index in [2.05, 4.69) is 4.72 Å². The van der Waals surface area contributed by atoms with E-state index in [1.807, 2.05) is 6.07 Å². The van der Waals surface area contributed by atoms with Crippen LogP contribution < -0.4 is 14.2 Å². The third kappa shape index (κ3) is 5.81. The summed E-state index contributed by atoms with van der Waals surface area (Å²) in [5, 5.41) is 8.62. The van der Waals surface area contributed by atoms with Crippen LogP contribution in [0.4, 0.5) is 5.69 Å². The molecule has 0 aromatic heterocycles. The standard InChI is InChI=1S/C16H17NO6S/c1-24(20,21)17-14-11-13(22-10-9-16(18)19)7-8-15(14)23-12-5-3-2-4-6-12/h2-8,11,17H,9-10H2,1H3,(H,18,19). The zero-order valence-electron chi connectivity index (χ0n) is 12.9. The van der Waals surface area contributed by atoms with Crippen LogP contribution in [0.15, 0.2) is 48.5 Å². The summed E-state index contributed by atoms with van der Waals surface area (Å²) in [6.45, 7) is -0.0213. The Balaban J connectivity index is 2.23. The van der Waals surface area contributed by atoms with E-state index < -0.39 is 16.0 Å². The highest BCUT2D eigenvalue weighted by Gasteiger charge is 2.12. The number of carboxylic acid groups (broad SMARTS) is 1. The molecule has 24 heavy (non-hydrogen) atoms. The number of carbonyl (C=O) groups is 1. The minimum absolute atomic E-state index is 0.0213. The predicted molar refractivity (Wildman–Crippen MR) is 89.2 cm³/mol. The largest absolute Gasteiger partial charge is 0.493 e. The number of nitrogens with one attached hydrogen (secondary N) is 1. The average Bonchev–Trinajstić information content (AvgIpc) is 2.49. The third-order valence-electron chi connectivity index (χ3n) is 2.80. The molecule has 2 rings (SSSR count). The maximum atomic E-state index is 11.5. The number of ether oxygens (including phenoxy) is 2. The van der Waals surface area contributed by atoms with Crippen molar-refractivity contribution in [3.63, 3.8) is 0 Å². The van der Waals surface area contributed by atoms with Crippen molar-refractivity contribution in [1.29, 1.82) is 0 Å². The molecule has 0 fully saturated rings. The van der Waals surface area contributed by atoms with E-state index in [1.54, 1.807) is 36.4 Å². The molecule has 0 amide bonds. The van der Waals surface area contributed by atoms with Gasteiger partial charge < -0.3 is 14.6 Å². The zero-order chi connectivity index (χ0) is 17.6. The quantitative estimate of drug-likeness (QED) is 0.758. The van der Waals surface area contributed by atoms with Gasteiger partial charge in [0.15, 0.2) is 5.75 Å². The Kier molecular flexibility index (Phi) is 5.64. The van der Waals surface area contributed by atoms with Crippen LogP contribution in [0.3, 0.4) is 0 Å². The lowest BCUT2D eigenvalue weighted by Gasteiger charge is -2.14. The van der Waals surface area contributed by atoms with Crippen molar-refractivity contribution in [2.24, 2.45) is 0 Å². The molecular weight excluding hydrogens is 334 g/mol. The summed E-state index contributed by atoms with van der Waals surface area (Å²) in [5.74, 6) is 0.210. The van der Waals surface area contributed by atoms with Gasteiger partial charge in [0.25, 0.3) is 0 Å². The first-order valence-corrected chi connectivity index (χ1v) is 8.92. The van der Waals surface area contributed by atoms with Crippen LogP contribution in [-0.2, 0) is 14.8 Å². The highest BCUT2D eigenvalue weighted by atomic mass is 32.2. The van der Waals surface area contributed by atoms with Gasteiger partial charge in [-0.1, -0.05) is 18.2 Å². The lowest BCUT2D eigenvalue weighted by atomic mass is 10.2. The Hall–Kier alpha value is -2.74. The van der Waals surface area contributed by atoms with E-state index >= 15 is 0 Å². The molecule has 0 aliphatic rings. The molecule has 0 radical (unpaired) electrons. The van der Waals surface area contributed by atoms with Crippen molar-refractivity contribution in [1.82, 2.24) is 0 Å². The van der Waals surface area contributed by atoms with E-state index in [0.717, 1.165) is 6.26 Å². The van der Waals surface area contributed by atoms with Gasteiger partial charge in [0.1, 0.15) is 11.5 Å². The number of anilines is 1. The van der Waals surface area contributed by atoms with Crippen LogP contribution in [0.2, 0.25) is 0 Å². The first-order valence-electron chi connectivity index (χ1n) is 7.03. The molecule has 0 bridgehead atoms. The van der Waals surface area contributed by atoms with Gasteiger partial charge in [-0.15, -0.1) is 0 Å². The summed E-state index contributed by atoms with van der Waals surface area (Å²) in [5.41, 5.74) is 0.203. The van der Waals surface area contributed by atoms with Gasteiger partial charge in [-0.3, -0.25) is 9.52 Å². The molecule has 0 aliphatic carbocycles. The van der Waals surface area contributed by atoms with Gasteiger partial charge in [-0.05, 0) is 24.3 Å². The second kappa shape index (κ2) is 7.69. The van der Waals surface area contributed by atoms with Crippen LogP contribution in [0, 0.1) is 0 Å². The van der Waals surface area contributed by atoms with Crippen molar-refractivity contribution in [2.45, 2.75) is 6.42 Å². The van der Waals surface area contributed by atoms with E-state index in [-0.39, 0.29) is 18.7 Å². The monoisotopic (exact) mass is 351 g/mol. The van der Waals surface area contributed by atoms with Crippen molar-refractivity contribution in [2.75, 3.05) is 17.6 Å². The first kappa shape index (κ1) is 17.6. The predicted octanol–water partition coefficient (Wildman–Crippen LogP) is 2.70. The molecule has 8 heteroatoms. The van der Waals surface area contributed by atoms with Crippen LogP contribution in [0.25, 0.3) is 0 Å². The summed E-state index contributed by atoms with van der Waals surface area (Å²) in [7, 11) is -3.52. The molecule has 0 unspecified atom stereocenters. The van der Waals surface area contributed by atoms with Crippen molar-refractivity contribution in [3.8, 4) is 17.2 Å². The lowest BCUT2D eigenvalue weighted by molar-refractivity contribution is -0.137. The molecular formula is C16H17NO6S. The third-order valence-corrected chi connectivity index (χ3v) is 3.39. The van der Waals surface area contributed by atoms with E-state index in [0.29, 0.717) is 17.2 Å². The smallest absolute Gasteiger partial charge is 0.306 e. The molecule has 2 aromatic rings. The number of carboxylic acids is 1. The van der Waals surface area contributed by atoms with Crippen LogP contribution in [0.5, 0.6) is 17.2 Å². The Morgan fingerprint density at radius 3 is 2.46 bits per heavy atom. The van der Waals surface area contributed by atoms with Crippen molar-refractivity contribution < 1.29 is 27.8 Å². The van der Waals surface area contributed by atoms with E-state index in [4.69, 9.17) is 14.6 Å². The molecule has 0 saturated carbocycles. The molecule has 0 aliphatic heterocycles. The lowest BCUT2D eigenvalue weighted by Crippen LogP contribution is -2.11. The molecule has 128 valence electrons. The number of sulfonamides is 1. The minimum Gasteiger partial charge on any atom is -0.493 e. The Morgan fingerprint density at radius 1 is 1.12 bits per heavy atom. The van der Waals surface area contributed by atoms with Gasteiger partial charge in [0.05, 0.1) is 25.0 Å². The fourth-order valence-corrected chi connectivity index (χ4v) is 2.40. The van der Waals surface area contributed by atoms with E-state index in [1.165, 1.54) is 6.07 Å². The number of para-hydroxylation sites is 1. The number of hydrogen-bond acceptors (Lipinski definition) is 5. The SMILES string of the molecule is CS(=O)(=O)Nc1cc(OCCC(=O)O)ccc1Oc1ccccc1. The number of benzene rings is 2. The Morgan fingerprint density at radius 2 is 1.83 bits per heavy atom. The summed E-state index contributed by atoms with van der Waals surface area (Å²) >= 11 is 0. The minimum atomic E-state index is -3.52. The van der Waals surface area contributed by atoms with Gasteiger partial charge in [0, 0.05) is 6.07 Å². The fraction of sp³-hybridized carbons (Fsp3) is 0.188. The molecule has 0 saturated heterocycles. The molecule has 2 aromatic carbocycles. The zero-order valence-corrected chi connectivity index (χ0v) is 13.7. The number of aliphatic carboxylic acids is 1. The second-order valence-corrected chi connectivity index (χ2v) is 6.69. The number of hydrogen-bond donors (Lipinski definition) is 2. The topological polar surface area (TPSA) is 102 Å². The highest BCUT2D eigenvalue weighted by molar-refractivity contribution is 7.92. The summed E-state index contributed by atoms with van der Waals surface area (Å²) in [6, 6.07) is 13.5. The van der Waals surface area contributed by atoms with Crippen LogP contribution in [-0.4, -0.2) is 32.4 Å². The Bertz CT molecular complexity index is 805. The maximum absolute atomic E-state index is 11.5. The summed E-state index contributed by atoms with van der Waals surface area (Å²) in [4.78, 5) is 10.5.